The quantitative estimate of drug-likeness (QED) is 0.285. The molecule has 3 aromatic carbocycles. The van der Waals surface area contributed by atoms with Gasteiger partial charge in [0.2, 0.25) is 0 Å². The van der Waals surface area contributed by atoms with Crippen molar-refractivity contribution >= 4 is 33.5 Å². The molecule has 0 radical (unpaired) electrons. The third-order valence-corrected chi connectivity index (χ3v) is 8.28. The Morgan fingerprint density at radius 2 is 1.73 bits per heavy atom. The Hall–Kier alpha value is -4.44. The lowest BCUT2D eigenvalue weighted by Gasteiger charge is -2.45. The number of hydrogen-bond donors (Lipinski definition) is 0. The van der Waals surface area contributed by atoms with Gasteiger partial charge in [0, 0.05) is 35.2 Å². The summed E-state index contributed by atoms with van der Waals surface area (Å²) in [6.45, 7) is 3.56. The average molecular weight is 565 g/mol. The van der Waals surface area contributed by atoms with Crippen LogP contribution in [0.15, 0.2) is 89.6 Å². The predicted octanol–water partition coefficient (Wildman–Crippen LogP) is 5.63. The van der Waals surface area contributed by atoms with Crippen LogP contribution in [-0.2, 0) is 19.6 Å². The summed E-state index contributed by atoms with van der Waals surface area (Å²) in [5, 5.41) is 0. The molecule has 0 aromatic heterocycles. The maximum Gasteiger partial charge on any atom is 0.332 e. The van der Waals surface area contributed by atoms with Crippen molar-refractivity contribution in [2.75, 3.05) is 18.6 Å². The van der Waals surface area contributed by atoms with Crippen LogP contribution in [0.1, 0.15) is 23.6 Å². The Bertz CT molecular complexity index is 1660. The van der Waals surface area contributed by atoms with Crippen molar-refractivity contribution in [1.82, 2.24) is 4.31 Å². The van der Waals surface area contributed by atoms with Gasteiger partial charge >= 0.3 is 5.97 Å². The molecule has 0 amide bonds. The Kier molecular flexibility index (Phi) is 7.20. The van der Waals surface area contributed by atoms with Crippen molar-refractivity contribution < 1.29 is 31.5 Å². The molecule has 40 heavy (non-hydrogen) atoms. The van der Waals surface area contributed by atoms with Gasteiger partial charge in [-0.05, 0) is 56.3 Å². The molecule has 0 spiro atoms. The molecule has 2 heterocycles. The van der Waals surface area contributed by atoms with Gasteiger partial charge in [-0.1, -0.05) is 29.8 Å². The van der Waals surface area contributed by atoms with Gasteiger partial charge in [0.25, 0.3) is 10.0 Å². The van der Waals surface area contributed by atoms with Crippen LogP contribution in [-0.4, -0.2) is 38.5 Å². The van der Waals surface area contributed by atoms with Crippen molar-refractivity contribution in [3.8, 4) is 5.75 Å². The van der Waals surface area contributed by atoms with E-state index in [0.29, 0.717) is 11.4 Å². The second-order valence-electron chi connectivity index (χ2n) is 9.21. The standard InChI is InChI=1S/C30H26F2N2O5S/c1-4-39-30(35)17-28-27-11-7-20-15-24(38-3)8-12-26(20)34(27)29(21-13-22(31)16-23(32)14-21)18-33(28)40(36,37)25-9-5-19(2)6-10-25/h5-18,27H,4H2,1-3H3/b28-17+/t27-/m0/s1. The maximum absolute atomic E-state index is 14.4. The van der Waals surface area contributed by atoms with Crippen molar-refractivity contribution in [3.63, 3.8) is 0 Å². The lowest BCUT2D eigenvalue weighted by atomic mass is 9.95. The third kappa shape index (κ3) is 4.98. The molecular weight excluding hydrogens is 538 g/mol. The van der Waals surface area contributed by atoms with Gasteiger partial charge in [0.15, 0.2) is 0 Å². The highest BCUT2D eigenvalue weighted by molar-refractivity contribution is 7.89. The molecule has 0 saturated carbocycles. The number of hydrogen-bond acceptors (Lipinski definition) is 6. The normalized spacial score (nSPS) is 17.3. The third-order valence-electron chi connectivity index (χ3n) is 6.58. The van der Waals surface area contributed by atoms with Crippen molar-refractivity contribution in [3.05, 3.63) is 113 Å². The van der Waals surface area contributed by atoms with Gasteiger partial charge in [-0.25, -0.2) is 26.3 Å². The molecule has 1 atom stereocenters. The van der Waals surface area contributed by atoms with Crippen LogP contribution in [0, 0.1) is 18.6 Å². The summed E-state index contributed by atoms with van der Waals surface area (Å²) in [4.78, 5) is 14.4. The number of aryl methyl sites for hydroxylation is 1. The summed E-state index contributed by atoms with van der Waals surface area (Å²) >= 11 is 0. The van der Waals surface area contributed by atoms with Gasteiger partial charge < -0.3 is 14.4 Å². The number of methoxy groups -OCH3 is 1. The zero-order valence-corrected chi connectivity index (χ0v) is 22.8. The number of esters is 1. The second-order valence-corrected chi connectivity index (χ2v) is 11.0. The summed E-state index contributed by atoms with van der Waals surface area (Å²) in [5.41, 5.74) is 2.60. The first-order valence-corrected chi connectivity index (χ1v) is 13.9. The number of benzene rings is 3. The molecule has 5 rings (SSSR count). The molecular formula is C30H26F2N2O5S. The molecule has 3 aromatic rings. The second kappa shape index (κ2) is 10.6. The smallest absolute Gasteiger partial charge is 0.332 e. The van der Waals surface area contributed by atoms with Crippen molar-refractivity contribution in [2.45, 2.75) is 24.8 Å². The van der Waals surface area contributed by atoms with E-state index in [1.807, 2.05) is 6.92 Å². The average Bonchev–Trinajstić information content (AvgIpc) is 2.92. The number of rotatable bonds is 6. The Morgan fingerprint density at radius 3 is 2.38 bits per heavy atom. The molecule has 7 nitrogen and oxygen atoms in total. The van der Waals surface area contributed by atoms with Crippen LogP contribution >= 0.6 is 0 Å². The van der Waals surface area contributed by atoms with E-state index in [9.17, 15) is 22.0 Å². The van der Waals surface area contributed by atoms with Crippen LogP contribution in [0.3, 0.4) is 0 Å². The van der Waals surface area contributed by atoms with Crippen LogP contribution in [0.5, 0.6) is 5.75 Å². The fraction of sp³-hybridized carbons (Fsp3) is 0.167. The Morgan fingerprint density at radius 1 is 1.02 bits per heavy atom. The molecule has 2 aliphatic heterocycles. The summed E-state index contributed by atoms with van der Waals surface area (Å²) in [7, 11) is -2.74. The number of ether oxygens (including phenoxy) is 2. The Labute approximate surface area is 231 Å². The minimum Gasteiger partial charge on any atom is -0.497 e. The topological polar surface area (TPSA) is 76.2 Å². The van der Waals surface area contributed by atoms with E-state index >= 15 is 0 Å². The molecule has 0 fully saturated rings. The molecule has 0 bridgehead atoms. The van der Waals surface area contributed by atoms with E-state index < -0.39 is 33.7 Å². The molecule has 0 aliphatic carbocycles. The minimum atomic E-state index is -4.28. The molecule has 206 valence electrons. The number of sulfonamides is 1. The SMILES string of the molecule is CCOC(=O)/C=C1\[C@@H]2C=Cc3cc(OC)ccc3N2C(c2cc(F)cc(F)c2)=CN1S(=O)(=O)c1ccc(C)cc1. The van der Waals surface area contributed by atoms with E-state index in [-0.39, 0.29) is 28.5 Å². The van der Waals surface area contributed by atoms with Crippen LogP contribution in [0.2, 0.25) is 0 Å². The van der Waals surface area contributed by atoms with Crippen LogP contribution < -0.4 is 9.64 Å². The van der Waals surface area contributed by atoms with Gasteiger partial charge in [-0.2, -0.15) is 0 Å². The number of carbonyl (C=O) groups excluding carboxylic acids is 1. The van der Waals surface area contributed by atoms with E-state index in [1.165, 1.54) is 25.4 Å². The first-order chi connectivity index (χ1) is 19.1. The number of anilines is 1. The first kappa shape index (κ1) is 27.1. The minimum absolute atomic E-state index is 0.0211. The van der Waals surface area contributed by atoms with Gasteiger partial charge in [0.1, 0.15) is 17.4 Å². The van der Waals surface area contributed by atoms with Gasteiger partial charge in [-0.3, -0.25) is 0 Å². The van der Waals surface area contributed by atoms with E-state index in [1.54, 1.807) is 54.3 Å². The molecule has 0 unspecified atom stereocenters. The lowest BCUT2D eigenvalue weighted by molar-refractivity contribution is -0.137. The van der Waals surface area contributed by atoms with Crippen molar-refractivity contribution in [2.24, 2.45) is 0 Å². The Balaban J connectivity index is 1.80. The summed E-state index contributed by atoms with van der Waals surface area (Å²) in [5.74, 6) is -1.79. The van der Waals surface area contributed by atoms with Crippen LogP contribution in [0.25, 0.3) is 11.8 Å². The number of halogens is 2. The van der Waals surface area contributed by atoms with Crippen LogP contribution in [0.4, 0.5) is 14.5 Å². The van der Waals surface area contributed by atoms with Gasteiger partial charge in [0.05, 0.1) is 36.0 Å². The molecule has 0 saturated heterocycles. The fourth-order valence-electron chi connectivity index (χ4n) is 4.73. The van der Waals surface area contributed by atoms with E-state index in [0.717, 1.165) is 39.7 Å². The fourth-order valence-corrected chi connectivity index (χ4v) is 6.12. The number of fused-ring (bicyclic) bond motifs is 3. The largest absolute Gasteiger partial charge is 0.497 e. The van der Waals surface area contributed by atoms with Crippen molar-refractivity contribution in [1.29, 1.82) is 0 Å². The highest BCUT2D eigenvalue weighted by atomic mass is 32.2. The zero-order chi connectivity index (χ0) is 28.6. The molecule has 0 N–H and O–H groups in total. The number of carbonyl (C=O) groups is 1. The highest BCUT2D eigenvalue weighted by Crippen LogP contribution is 2.44. The summed E-state index contributed by atoms with van der Waals surface area (Å²) < 4.78 is 68.4. The van der Waals surface area contributed by atoms with E-state index in [2.05, 4.69) is 0 Å². The number of nitrogens with zero attached hydrogens (tertiary/aromatic N) is 2. The zero-order valence-electron chi connectivity index (χ0n) is 22.0. The first-order valence-electron chi connectivity index (χ1n) is 12.5. The summed E-state index contributed by atoms with van der Waals surface area (Å²) in [6, 6.07) is 13.7. The van der Waals surface area contributed by atoms with Gasteiger partial charge in [-0.15, -0.1) is 0 Å². The maximum atomic E-state index is 14.4. The summed E-state index contributed by atoms with van der Waals surface area (Å²) in [6.07, 6.45) is 5.90. The monoisotopic (exact) mass is 564 g/mol. The predicted molar refractivity (Wildman–Crippen MR) is 148 cm³/mol. The van der Waals surface area contributed by atoms with E-state index in [4.69, 9.17) is 9.47 Å². The molecule has 2 aliphatic rings. The lowest BCUT2D eigenvalue weighted by Crippen LogP contribution is -2.47. The molecule has 10 heteroatoms. The highest BCUT2D eigenvalue weighted by Gasteiger charge is 2.41.